The average molecular weight is 478 g/mol. The van der Waals surface area contributed by atoms with Crippen LogP contribution in [0.15, 0.2) is 65.9 Å². The van der Waals surface area contributed by atoms with E-state index < -0.39 is 18.3 Å². The Labute approximate surface area is 192 Å². The molecule has 8 heteroatoms. The maximum absolute atomic E-state index is 12.8. The fourth-order valence-electron chi connectivity index (χ4n) is 2.34. The summed E-state index contributed by atoms with van der Waals surface area (Å²) in [6, 6.07) is 13.9. The van der Waals surface area contributed by atoms with E-state index in [1.807, 2.05) is 19.1 Å². The van der Waals surface area contributed by atoms with Crippen LogP contribution < -0.4 is 4.43 Å². The summed E-state index contributed by atoms with van der Waals surface area (Å²) in [6.07, 6.45) is 0. The number of aryl methyl sites for hydroxylation is 1. The van der Waals surface area contributed by atoms with Crippen molar-refractivity contribution in [2.45, 2.75) is 50.7 Å². The topological polar surface area (TPSA) is 55.8 Å². The van der Waals surface area contributed by atoms with Crippen molar-refractivity contribution in [3.8, 4) is 5.75 Å². The molecule has 0 aliphatic rings. The molecule has 0 saturated heterocycles. The second-order valence-electron chi connectivity index (χ2n) is 8.96. The van der Waals surface area contributed by atoms with E-state index in [0.29, 0.717) is 5.56 Å². The van der Waals surface area contributed by atoms with Gasteiger partial charge in [-0.2, -0.15) is 0 Å². The molecule has 2 aromatic carbocycles. The van der Waals surface area contributed by atoms with Crippen LogP contribution in [0.2, 0.25) is 18.1 Å². The predicted molar refractivity (Wildman–Crippen MR) is 132 cm³/mol. The second-order valence-corrected chi connectivity index (χ2v) is 16.0. The van der Waals surface area contributed by atoms with Gasteiger partial charge in [0.05, 0.1) is 4.90 Å². The van der Waals surface area contributed by atoms with Gasteiger partial charge in [0, 0.05) is 12.6 Å². The van der Waals surface area contributed by atoms with Crippen molar-refractivity contribution in [1.82, 2.24) is 4.31 Å². The Morgan fingerprint density at radius 3 is 2.03 bits per heavy atom. The summed E-state index contributed by atoms with van der Waals surface area (Å²) in [5.41, 5.74) is 1.61. The van der Waals surface area contributed by atoms with Gasteiger partial charge in [-0.1, -0.05) is 38.5 Å². The molecule has 0 heterocycles. The Kier molecular flexibility index (Phi) is 7.40. The van der Waals surface area contributed by atoms with Gasteiger partial charge in [0.1, 0.15) is 5.75 Å². The zero-order valence-corrected chi connectivity index (χ0v) is 21.9. The van der Waals surface area contributed by atoms with Crippen LogP contribution in [0.3, 0.4) is 0 Å². The van der Waals surface area contributed by atoms with Gasteiger partial charge in [-0.25, -0.2) is 12.7 Å². The Morgan fingerprint density at radius 1 is 1.03 bits per heavy atom. The van der Waals surface area contributed by atoms with Gasteiger partial charge >= 0.3 is 0 Å². The minimum atomic E-state index is -3.79. The Bertz CT molecular complexity index is 1050. The van der Waals surface area contributed by atoms with E-state index in [4.69, 9.17) is 21.4 Å². The van der Waals surface area contributed by atoms with Crippen LogP contribution in [0.5, 0.6) is 5.75 Å². The molecule has 0 spiro atoms. The SMILES string of the molecule is C=C(OC(=S)c1ccc(O[Si](C)(C)C(C)(C)C)cc1)N(C)S(=O)(=O)c1ccc(C)cc1. The summed E-state index contributed by atoms with van der Waals surface area (Å²) in [4.78, 5) is 0.156. The molecule has 168 valence electrons. The van der Waals surface area contributed by atoms with Crippen LogP contribution in [0.4, 0.5) is 0 Å². The molecule has 2 aromatic rings. The third-order valence-electron chi connectivity index (χ3n) is 5.51. The summed E-state index contributed by atoms with van der Waals surface area (Å²) in [5.74, 6) is 0.697. The van der Waals surface area contributed by atoms with E-state index in [9.17, 15) is 8.42 Å². The van der Waals surface area contributed by atoms with E-state index in [1.165, 1.54) is 7.05 Å². The van der Waals surface area contributed by atoms with Crippen molar-refractivity contribution in [1.29, 1.82) is 0 Å². The largest absolute Gasteiger partial charge is 0.544 e. The van der Waals surface area contributed by atoms with Crippen molar-refractivity contribution in [3.63, 3.8) is 0 Å². The molecule has 31 heavy (non-hydrogen) atoms. The summed E-state index contributed by atoms with van der Waals surface area (Å²) < 4.78 is 38.4. The van der Waals surface area contributed by atoms with Gasteiger partial charge in [-0.05, 0) is 80.3 Å². The van der Waals surface area contributed by atoms with E-state index in [1.54, 1.807) is 36.4 Å². The fourth-order valence-corrected chi connectivity index (χ4v) is 4.70. The van der Waals surface area contributed by atoms with Gasteiger partial charge in [0.2, 0.25) is 14.2 Å². The predicted octanol–water partition coefficient (Wildman–Crippen LogP) is 5.86. The standard InChI is InChI=1S/C23H31NO4S2Si/c1-17-9-15-21(16-10-17)30(25,26)24(6)18(2)27-22(29)19-11-13-20(14-12-19)28-31(7,8)23(3,4)5/h9-16H,2H2,1,3-8H3. The molecule has 0 fully saturated rings. The van der Waals surface area contributed by atoms with Gasteiger partial charge in [0.15, 0.2) is 5.05 Å². The molecule has 0 radical (unpaired) electrons. The highest BCUT2D eigenvalue weighted by molar-refractivity contribution is 7.89. The smallest absolute Gasteiger partial charge is 0.266 e. The summed E-state index contributed by atoms with van der Waals surface area (Å²) in [7, 11) is -4.34. The zero-order chi connectivity index (χ0) is 23.6. The quantitative estimate of drug-likeness (QED) is 0.284. The number of thiocarbonyl (C=S) groups is 1. The van der Waals surface area contributed by atoms with Gasteiger partial charge in [-0.15, -0.1) is 0 Å². The molecular formula is C23H31NO4S2Si. The van der Waals surface area contributed by atoms with Crippen molar-refractivity contribution < 1.29 is 17.6 Å². The van der Waals surface area contributed by atoms with Crippen LogP contribution >= 0.6 is 12.2 Å². The monoisotopic (exact) mass is 477 g/mol. The molecule has 0 bridgehead atoms. The van der Waals surface area contributed by atoms with Crippen molar-refractivity contribution in [2.75, 3.05) is 7.05 Å². The minimum Gasteiger partial charge on any atom is -0.544 e. The van der Waals surface area contributed by atoms with Crippen molar-refractivity contribution >= 4 is 35.6 Å². The lowest BCUT2D eigenvalue weighted by Gasteiger charge is -2.36. The van der Waals surface area contributed by atoms with Crippen LogP contribution in [-0.2, 0) is 14.8 Å². The number of benzene rings is 2. The summed E-state index contributed by atoms with van der Waals surface area (Å²) in [5, 5.41) is 0.227. The highest BCUT2D eigenvalue weighted by Crippen LogP contribution is 2.37. The Morgan fingerprint density at radius 2 is 1.55 bits per heavy atom. The molecule has 0 aliphatic carbocycles. The molecule has 5 nitrogen and oxygen atoms in total. The number of hydrogen-bond donors (Lipinski definition) is 0. The van der Waals surface area contributed by atoms with Crippen molar-refractivity contribution in [3.05, 3.63) is 72.1 Å². The molecular weight excluding hydrogens is 446 g/mol. The average Bonchev–Trinajstić information content (AvgIpc) is 2.67. The second kappa shape index (κ2) is 9.14. The zero-order valence-electron chi connectivity index (χ0n) is 19.2. The molecule has 0 saturated carbocycles. The van der Waals surface area contributed by atoms with E-state index >= 15 is 0 Å². The number of nitrogens with zero attached hydrogens (tertiary/aromatic N) is 1. The Hall–Kier alpha value is -2.16. The first-order chi connectivity index (χ1) is 14.1. The maximum Gasteiger partial charge on any atom is 0.266 e. The maximum atomic E-state index is 12.8. The molecule has 0 N–H and O–H groups in total. The van der Waals surface area contributed by atoms with Gasteiger partial charge in [0.25, 0.3) is 10.0 Å². The normalized spacial score (nSPS) is 12.2. The van der Waals surface area contributed by atoms with Gasteiger partial charge < -0.3 is 9.16 Å². The first-order valence-corrected chi connectivity index (χ1v) is 14.7. The highest BCUT2D eigenvalue weighted by atomic mass is 32.2. The number of ether oxygens (including phenoxy) is 1. The molecule has 2 rings (SSSR count). The lowest BCUT2D eigenvalue weighted by Crippen LogP contribution is -2.43. The minimum absolute atomic E-state index is 0.0767. The molecule has 0 aliphatic heterocycles. The van der Waals surface area contributed by atoms with Gasteiger partial charge in [-0.3, -0.25) is 0 Å². The van der Waals surface area contributed by atoms with E-state index in [2.05, 4.69) is 40.4 Å². The fraction of sp³-hybridized carbons (Fsp3) is 0.348. The lowest BCUT2D eigenvalue weighted by molar-refractivity contribution is 0.322. The van der Waals surface area contributed by atoms with Crippen LogP contribution in [0, 0.1) is 6.92 Å². The molecule has 0 atom stereocenters. The Balaban J connectivity index is 2.09. The third-order valence-corrected chi connectivity index (χ3v) is 12.0. The van der Waals surface area contributed by atoms with E-state index in [0.717, 1.165) is 15.6 Å². The first kappa shape index (κ1) is 25.1. The van der Waals surface area contributed by atoms with Crippen LogP contribution in [0.1, 0.15) is 31.9 Å². The third kappa shape index (κ3) is 5.96. The highest BCUT2D eigenvalue weighted by Gasteiger charge is 2.38. The number of sulfonamides is 1. The molecule has 0 unspecified atom stereocenters. The molecule has 0 amide bonds. The van der Waals surface area contributed by atoms with Crippen molar-refractivity contribution in [2.24, 2.45) is 0 Å². The summed E-state index contributed by atoms with van der Waals surface area (Å²) in [6.45, 7) is 16.6. The van der Waals surface area contributed by atoms with Crippen LogP contribution in [-0.4, -0.2) is 33.1 Å². The lowest BCUT2D eigenvalue weighted by atomic mass is 10.2. The summed E-state index contributed by atoms with van der Waals surface area (Å²) >= 11 is 5.35. The number of rotatable bonds is 7. The number of hydrogen-bond acceptors (Lipinski definition) is 5. The molecule has 0 aromatic heterocycles. The van der Waals surface area contributed by atoms with Crippen LogP contribution in [0.25, 0.3) is 0 Å². The first-order valence-electron chi connectivity index (χ1n) is 9.91. The van der Waals surface area contributed by atoms with E-state index in [-0.39, 0.29) is 20.9 Å².